The second-order valence-corrected chi connectivity index (χ2v) is 4.73. The van der Waals surface area contributed by atoms with E-state index in [0.717, 1.165) is 42.5 Å². The van der Waals surface area contributed by atoms with Crippen molar-refractivity contribution in [2.24, 2.45) is 5.73 Å². The molecule has 0 saturated carbocycles. The first kappa shape index (κ1) is 13.8. The van der Waals surface area contributed by atoms with Crippen molar-refractivity contribution in [1.29, 1.82) is 0 Å². The number of carbonyl (C=O) groups is 1. The molecule has 102 valence electrons. The van der Waals surface area contributed by atoms with Crippen LogP contribution in [-0.4, -0.2) is 29.0 Å². The van der Waals surface area contributed by atoms with Crippen molar-refractivity contribution in [3.05, 3.63) is 29.7 Å². The van der Waals surface area contributed by atoms with Gasteiger partial charge in [-0.3, -0.25) is 9.78 Å². The molecule has 1 amide bonds. The van der Waals surface area contributed by atoms with Gasteiger partial charge in [-0.1, -0.05) is 0 Å². The molecule has 2 aromatic rings. The number of hydrogen-bond acceptors (Lipinski definition) is 3. The summed E-state index contributed by atoms with van der Waals surface area (Å²) in [5, 5.41) is 4.40. The molecule has 1 fully saturated rings. The SMILES string of the molecule is Cl.NC(=O)c1cnc([C@@H]2CCCNC2)c2cc[nH]c12. The Balaban J connectivity index is 0.00000133. The maximum absolute atomic E-state index is 11.4. The van der Waals surface area contributed by atoms with E-state index in [4.69, 9.17) is 5.73 Å². The monoisotopic (exact) mass is 280 g/mol. The number of aromatic nitrogens is 2. The molecule has 3 heterocycles. The van der Waals surface area contributed by atoms with E-state index in [1.807, 2.05) is 12.3 Å². The topological polar surface area (TPSA) is 83.8 Å². The molecule has 3 rings (SSSR count). The highest BCUT2D eigenvalue weighted by atomic mass is 35.5. The van der Waals surface area contributed by atoms with E-state index < -0.39 is 5.91 Å². The van der Waals surface area contributed by atoms with E-state index in [-0.39, 0.29) is 12.4 Å². The van der Waals surface area contributed by atoms with Crippen LogP contribution in [0.25, 0.3) is 10.9 Å². The van der Waals surface area contributed by atoms with Gasteiger partial charge in [-0.05, 0) is 25.5 Å². The van der Waals surface area contributed by atoms with E-state index in [1.165, 1.54) is 0 Å². The van der Waals surface area contributed by atoms with Crippen molar-refractivity contribution >= 4 is 29.2 Å². The molecule has 1 saturated heterocycles. The molecule has 0 radical (unpaired) electrons. The number of H-pyrrole nitrogens is 1. The summed E-state index contributed by atoms with van der Waals surface area (Å²) >= 11 is 0. The third-order valence-corrected chi connectivity index (χ3v) is 3.57. The van der Waals surface area contributed by atoms with E-state index in [1.54, 1.807) is 6.20 Å². The zero-order valence-electron chi connectivity index (χ0n) is 10.5. The molecule has 19 heavy (non-hydrogen) atoms. The van der Waals surface area contributed by atoms with Gasteiger partial charge in [0.15, 0.2) is 0 Å². The fourth-order valence-electron chi connectivity index (χ4n) is 2.67. The van der Waals surface area contributed by atoms with Crippen LogP contribution in [0.15, 0.2) is 18.5 Å². The first-order chi connectivity index (χ1) is 8.77. The van der Waals surface area contributed by atoms with Gasteiger partial charge < -0.3 is 16.0 Å². The third-order valence-electron chi connectivity index (χ3n) is 3.57. The smallest absolute Gasteiger partial charge is 0.252 e. The molecule has 4 N–H and O–H groups in total. The van der Waals surface area contributed by atoms with Gasteiger partial charge in [0.2, 0.25) is 0 Å². The number of carbonyl (C=O) groups excluding carboxylic acids is 1. The van der Waals surface area contributed by atoms with Crippen molar-refractivity contribution < 1.29 is 4.79 Å². The van der Waals surface area contributed by atoms with E-state index in [2.05, 4.69) is 15.3 Å². The lowest BCUT2D eigenvalue weighted by Gasteiger charge is -2.23. The van der Waals surface area contributed by atoms with E-state index >= 15 is 0 Å². The second kappa shape index (κ2) is 5.59. The van der Waals surface area contributed by atoms with Crippen LogP contribution in [0.5, 0.6) is 0 Å². The number of pyridine rings is 1. The predicted molar refractivity (Wildman–Crippen MR) is 76.7 cm³/mol. The summed E-state index contributed by atoms with van der Waals surface area (Å²) in [7, 11) is 0. The van der Waals surface area contributed by atoms with Crippen LogP contribution in [0.2, 0.25) is 0 Å². The number of nitrogens with zero attached hydrogens (tertiary/aromatic N) is 1. The Labute approximate surface area is 117 Å². The summed E-state index contributed by atoms with van der Waals surface area (Å²) in [6.45, 7) is 2.02. The Morgan fingerprint density at radius 2 is 2.32 bits per heavy atom. The highest BCUT2D eigenvalue weighted by molar-refractivity contribution is 6.05. The predicted octanol–water partition coefficient (Wildman–Crippen LogP) is 1.55. The molecule has 0 aliphatic carbocycles. The molecule has 0 spiro atoms. The van der Waals surface area contributed by atoms with Gasteiger partial charge in [-0.25, -0.2) is 0 Å². The van der Waals surface area contributed by atoms with E-state index in [9.17, 15) is 4.79 Å². The van der Waals surface area contributed by atoms with Crippen LogP contribution in [0, 0.1) is 0 Å². The maximum Gasteiger partial charge on any atom is 0.252 e. The Morgan fingerprint density at radius 3 is 3.00 bits per heavy atom. The van der Waals surface area contributed by atoms with Crippen molar-refractivity contribution in [1.82, 2.24) is 15.3 Å². The summed E-state index contributed by atoms with van der Waals surface area (Å²) in [6, 6.07) is 1.97. The van der Waals surface area contributed by atoms with Gasteiger partial charge >= 0.3 is 0 Å². The number of hydrogen-bond donors (Lipinski definition) is 3. The highest BCUT2D eigenvalue weighted by Crippen LogP contribution is 2.29. The number of fused-ring (bicyclic) bond motifs is 1. The molecule has 0 bridgehead atoms. The van der Waals surface area contributed by atoms with Gasteiger partial charge in [-0.15, -0.1) is 12.4 Å². The molecular weight excluding hydrogens is 264 g/mol. The Morgan fingerprint density at radius 1 is 1.47 bits per heavy atom. The fraction of sp³-hybridized carbons (Fsp3) is 0.385. The Bertz CT molecular complexity index is 589. The van der Waals surface area contributed by atoms with Crippen LogP contribution >= 0.6 is 12.4 Å². The van der Waals surface area contributed by atoms with Gasteiger partial charge in [0.1, 0.15) is 0 Å². The van der Waals surface area contributed by atoms with Gasteiger partial charge in [-0.2, -0.15) is 0 Å². The lowest BCUT2D eigenvalue weighted by Crippen LogP contribution is -2.29. The standard InChI is InChI=1S/C13H16N4O.ClH/c14-13(18)10-7-17-11(8-2-1-4-15-6-8)9-3-5-16-12(9)10;/h3,5,7-8,15-16H,1-2,4,6H2,(H2,14,18);1H/t8-;/m1./s1. The molecule has 0 aromatic carbocycles. The quantitative estimate of drug-likeness (QED) is 0.780. The number of aromatic amines is 1. The van der Waals surface area contributed by atoms with Crippen LogP contribution < -0.4 is 11.1 Å². The van der Waals surface area contributed by atoms with Crippen molar-refractivity contribution in [2.45, 2.75) is 18.8 Å². The lowest BCUT2D eigenvalue weighted by molar-refractivity contribution is 0.100. The normalized spacial score (nSPS) is 19.1. The van der Waals surface area contributed by atoms with Gasteiger partial charge in [0.05, 0.1) is 16.8 Å². The number of primary amides is 1. The minimum absolute atomic E-state index is 0. The number of nitrogens with two attached hydrogens (primary N) is 1. The van der Waals surface area contributed by atoms with Crippen LogP contribution in [0.1, 0.15) is 34.8 Å². The number of halogens is 1. The number of piperidine rings is 1. The number of amides is 1. The van der Waals surface area contributed by atoms with Crippen molar-refractivity contribution in [3.63, 3.8) is 0 Å². The van der Waals surface area contributed by atoms with Crippen LogP contribution in [0.4, 0.5) is 0 Å². The summed E-state index contributed by atoms with van der Waals surface area (Å²) in [5.74, 6) is -0.0257. The zero-order chi connectivity index (χ0) is 12.5. The first-order valence-corrected chi connectivity index (χ1v) is 6.24. The minimum atomic E-state index is -0.441. The number of rotatable bonds is 2. The van der Waals surface area contributed by atoms with Crippen LogP contribution in [0.3, 0.4) is 0 Å². The molecule has 2 aromatic heterocycles. The zero-order valence-corrected chi connectivity index (χ0v) is 11.3. The maximum atomic E-state index is 11.4. The summed E-state index contributed by atoms with van der Waals surface area (Å²) in [4.78, 5) is 18.9. The molecule has 0 unspecified atom stereocenters. The second-order valence-electron chi connectivity index (χ2n) is 4.73. The number of nitrogens with one attached hydrogen (secondary N) is 2. The van der Waals surface area contributed by atoms with Crippen molar-refractivity contribution in [3.8, 4) is 0 Å². The lowest BCUT2D eigenvalue weighted by atomic mass is 9.93. The molecular formula is C13H17ClN4O. The molecule has 6 heteroatoms. The summed E-state index contributed by atoms with van der Waals surface area (Å²) < 4.78 is 0. The fourth-order valence-corrected chi connectivity index (χ4v) is 2.67. The average molecular weight is 281 g/mol. The average Bonchev–Trinajstić information content (AvgIpc) is 2.87. The molecule has 5 nitrogen and oxygen atoms in total. The largest absolute Gasteiger partial charge is 0.365 e. The third kappa shape index (κ3) is 2.43. The Hall–Kier alpha value is -1.59. The molecule has 1 atom stereocenters. The Kier molecular flexibility index (Phi) is 4.07. The van der Waals surface area contributed by atoms with Crippen LogP contribution in [-0.2, 0) is 0 Å². The molecule has 1 aliphatic rings. The molecule has 1 aliphatic heterocycles. The van der Waals surface area contributed by atoms with E-state index in [0.29, 0.717) is 11.5 Å². The highest BCUT2D eigenvalue weighted by Gasteiger charge is 2.21. The van der Waals surface area contributed by atoms with Gasteiger partial charge in [0, 0.05) is 30.2 Å². The minimum Gasteiger partial charge on any atom is -0.365 e. The summed E-state index contributed by atoms with van der Waals surface area (Å²) in [5.41, 5.74) is 7.68. The summed E-state index contributed by atoms with van der Waals surface area (Å²) in [6.07, 6.45) is 5.72. The first-order valence-electron chi connectivity index (χ1n) is 6.24. The van der Waals surface area contributed by atoms with Gasteiger partial charge in [0.25, 0.3) is 5.91 Å². The van der Waals surface area contributed by atoms with Crippen molar-refractivity contribution in [2.75, 3.05) is 13.1 Å².